The number of aromatic nitrogens is 1. The first kappa shape index (κ1) is 15.2. The smallest absolute Gasteiger partial charge is 0.329 e. The van der Waals surface area contributed by atoms with Crippen LogP contribution in [0.15, 0.2) is 28.2 Å². The molecule has 0 fully saturated rings. The van der Waals surface area contributed by atoms with Crippen LogP contribution >= 0.6 is 11.3 Å². The molecule has 112 valence electrons. The van der Waals surface area contributed by atoms with E-state index in [0.29, 0.717) is 11.6 Å². The van der Waals surface area contributed by atoms with E-state index in [0.717, 1.165) is 4.88 Å². The number of rotatable bonds is 5. The van der Waals surface area contributed by atoms with Gasteiger partial charge in [0.2, 0.25) is 11.8 Å². The summed E-state index contributed by atoms with van der Waals surface area (Å²) in [6, 6.07) is 3.76. The molecule has 6 nitrogen and oxygen atoms in total. The van der Waals surface area contributed by atoms with E-state index in [2.05, 4.69) is 4.98 Å². The van der Waals surface area contributed by atoms with E-state index < -0.39 is 11.5 Å². The molecular formula is C14H16N2O4S. The Morgan fingerprint density at radius 2 is 2.19 bits per heavy atom. The Kier molecular flexibility index (Phi) is 4.13. The largest absolute Gasteiger partial charge is 0.480 e. The van der Waals surface area contributed by atoms with Crippen LogP contribution in [-0.2, 0) is 16.0 Å². The highest BCUT2D eigenvalue weighted by atomic mass is 32.1. The van der Waals surface area contributed by atoms with Gasteiger partial charge in [-0.05, 0) is 25.3 Å². The summed E-state index contributed by atoms with van der Waals surface area (Å²) in [5, 5.41) is 11.0. The van der Waals surface area contributed by atoms with Gasteiger partial charge in [-0.15, -0.1) is 11.3 Å². The summed E-state index contributed by atoms with van der Waals surface area (Å²) in [6.45, 7) is 2.96. The summed E-state index contributed by atoms with van der Waals surface area (Å²) in [5.41, 5.74) is -0.784. The maximum absolute atomic E-state index is 12.1. The molecule has 7 heteroatoms. The van der Waals surface area contributed by atoms with Gasteiger partial charge < -0.3 is 14.4 Å². The molecule has 2 aromatic rings. The third kappa shape index (κ3) is 3.13. The highest BCUT2D eigenvalue weighted by Crippen LogP contribution is 2.24. The minimum atomic E-state index is -1.27. The summed E-state index contributed by atoms with van der Waals surface area (Å²) < 4.78 is 5.33. The van der Waals surface area contributed by atoms with Crippen molar-refractivity contribution in [3.63, 3.8) is 0 Å². The Labute approximate surface area is 126 Å². The number of hydrogen-bond donors (Lipinski definition) is 1. The molecule has 0 saturated heterocycles. The Bertz CT molecular complexity index is 646. The summed E-state index contributed by atoms with van der Waals surface area (Å²) in [4.78, 5) is 29.6. The second-order valence-electron chi connectivity index (χ2n) is 5.11. The molecule has 0 aliphatic rings. The molecule has 0 bridgehead atoms. The SMILES string of the molecule is CN(C(=O)Cc1coc(-c2cccs2)n1)C(C)(C)C(=O)O. The van der Waals surface area contributed by atoms with Crippen LogP contribution in [0.25, 0.3) is 10.8 Å². The molecule has 2 heterocycles. The summed E-state index contributed by atoms with van der Waals surface area (Å²) in [6.07, 6.45) is 1.43. The Morgan fingerprint density at radius 1 is 1.48 bits per heavy atom. The molecule has 2 aromatic heterocycles. The number of thiophene rings is 1. The van der Waals surface area contributed by atoms with Crippen molar-refractivity contribution >= 4 is 23.2 Å². The number of hydrogen-bond acceptors (Lipinski definition) is 5. The van der Waals surface area contributed by atoms with Crippen LogP contribution in [0.1, 0.15) is 19.5 Å². The van der Waals surface area contributed by atoms with Crippen LogP contribution in [0.5, 0.6) is 0 Å². The van der Waals surface area contributed by atoms with Gasteiger partial charge in [-0.3, -0.25) is 4.79 Å². The number of amides is 1. The lowest BCUT2D eigenvalue weighted by molar-refractivity contribution is -0.155. The molecule has 0 radical (unpaired) electrons. The van der Waals surface area contributed by atoms with Gasteiger partial charge in [0, 0.05) is 7.05 Å². The zero-order chi connectivity index (χ0) is 15.6. The van der Waals surface area contributed by atoms with E-state index in [9.17, 15) is 9.59 Å². The lowest BCUT2D eigenvalue weighted by Crippen LogP contribution is -2.51. The number of carboxylic acids is 1. The molecule has 21 heavy (non-hydrogen) atoms. The zero-order valence-electron chi connectivity index (χ0n) is 12.0. The lowest BCUT2D eigenvalue weighted by atomic mass is 10.0. The topological polar surface area (TPSA) is 83.6 Å². The Hall–Kier alpha value is -2.15. The van der Waals surface area contributed by atoms with Crippen LogP contribution < -0.4 is 0 Å². The van der Waals surface area contributed by atoms with E-state index in [1.165, 1.54) is 43.4 Å². The second-order valence-corrected chi connectivity index (χ2v) is 6.06. The number of carbonyl (C=O) groups excluding carboxylic acids is 1. The van der Waals surface area contributed by atoms with Crippen molar-refractivity contribution in [2.24, 2.45) is 0 Å². The molecule has 0 atom stereocenters. The van der Waals surface area contributed by atoms with Crippen molar-refractivity contribution in [3.8, 4) is 10.8 Å². The average Bonchev–Trinajstić information content (AvgIpc) is 3.07. The molecule has 2 rings (SSSR count). The maximum atomic E-state index is 12.1. The maximum Gasteiger partial charge on any atom is 0.329 e. The normalized spacial score (nSPS) is 11.4. The summed E-state index contributed by atoms with van der Waals surface area (Å²) in [7, 11) is 1.47. The first-order valence-electron chi connectivity index (χ1n) is 6.30. The fraction of sp³-hybridized carbons (Fsp3) is 0.357. The highest BCUT2D eigenvalue weighted by Gasteiger charge is 2.35. The molecule has 0 aliphatic heterocycles. The van der Waals surface area contributed by atoms with Gasteiger partial charge in [-0.2, -0.15) is 0 Å². The number of carbonyl (C=O) groups is 2. The van der Waals surface area contributed by atoms with Crippen molar-refractivity contribution in [2.75, 3.05) is 7.05 Å². The van der Waals surface area contributed by atoms with Crippen LogP contribution in [0.3, 0.4) is 0 Å². The molecule has 0 aromatic carbocycles. The van der Waals surface area contributed by atoms with E-state index >= 15 is 0 Å². The number of aliphatic carboxylic acids is 1. The Balaban J connectivity index is 2.08. The molecule has 0 unspecified atom stereocenters. The molecule has 0 saturated carbocycles. The predicted molar refractivity (Wildman–Crippen MR) is 78.0 cm³/mol. The van der Waals surface area contributed by atoms with Crippen molar-refractivity contribution in [3.05, 3.63) is 29.5 Å². The van der Waals surface area contributed by atoms with Crippen LogP contribution in [0, 0.1) is 0 Å². The minimum absolute atomic E-state index is 0.00207. The van der Waals surface area contributed by atoms with Gasteiger partial charge >= 0.3 is 5.97 Å². The fourth-order valence-electron chi connectivity index (χ4n) is 1.63. The van der Waals surface area contributed by atoms with Gasteiger partial charge in [-0.25, -0.2) is 9.78 Å². The van der Waals surface area contributed by atoms with Gasteiger partial charge in [0.05, 0.1) is 17.0 Å². The average molecular weight is 308 g/mol. The van der Waals surface area contributed by atoms with Crippen LogP contribution in [-0.4, -0.2) is 39.5 Å². The highest BCUT2D eigenvalue weighted by molar-refractivity contribution is 7.13. The molecule has 0 aliphatic carbocycles. The lowest BCUT2D eigenvalue weighted by Gasteiger charge is -2.31. The molecule has 1 N–H and O–H groups in total. The van der Waals surface area contributed by atoms with Crippen molar-refractivity contribution < 1.29 is 19.1 Å². The third-order valence-electron chi connectivity index (χ3n) is 3.35. The van der Waals surface area contributed by atoms with Gasteiger partial charge in [0.1, 0.15) is 11.8 Å². The second kappa shape index (κ2) is 5.69. The molecular weight excluding hydrogens is 292 g/mol. The fourth-order valence-corrected chi connectivity index (χ4v) is 2.29. The van der Waals surface area contributed by atoms with Crippen LogP contribution in [0.2, 0.25) is 0 Å². The number of oxazole rings is 1. The van der Waals surface area contributed by atoms with Crippen molar-refractivity contribution in [2.45, 2.75) is 25.8 Å². The van der Waals surface area contributed by atoms with E-state index in [4.69, 9.17) is 9.52 Å². The van der Waals surface area contributed by atoms with Crippen molar-refractivity contribution in [1.29, 1.82) is 0 Å². The summed E-state index contributed by atoms with van der Waals surface area (Å²) in [5.74, 6) is -0.917. The molecule has 0 spiro atoms. The molecule has 1 amide bonds. The number of likely N-dealkylation sites (N-methyl/N-ethyl adjacent to an activating group) is 1. The predicted octanol–water partition coefficient (Wildman–Crippen LogP) is 2.27. The van der Waals surface area contributed by atoms with Gasteiger partial charge in [-0.1, -0.05) is 6.07 Å². The van der Waals surface area contributed by atoms with Crippen molar-refractivity contribution in [1.82, 2.24) is 9.88 Å². The first-order valence-corrected chi connectivity index (χ1v) is 7.18. The van der Waals surface area contributed by atoms with E-state index in [1.807, 2.05) is 17.5 Å². The van der Waals surface area contributed by atoms with Crippen LogP contribution in [0.4, 0.5) is 0 Å². The minimum Gasteiger partial charge on any atom is -0.480 e. The third-order valence-corrected chi connectivity index (χ3v) is 4.21. The standard InChI is InChI=1S/C14H16N2O4S/c1-14(2,13(18)19)16(3)11(17)7-9-8-20-12(15-9)10-5-4-6-21-10/h4-6,8H,7H2,1-3H3,(H,18,19). The summed E-state index contributed by atoms with van der Waals surface area (Å²) >= 11 is 1.49. The van der Waals surface area contributed by atoms with E-state index in [1.54, 1.807) is 0 Å². The zero-order valence-corrected chi connectivity index (χ0v) is 12.8. The Morgan fingerprint density at radius 3 is 2.76 bits per heavy atom. The number of carboxylic acid groups (broad SMARTS) is 1. The van der Waals surface area contributed by atoms with Gasteiger partial charge in [0.15, 0.2) is 0 Å². The monoisotopic (exact) mass is 308 g/mol. The quantitative estimate of drug-likeness (QED) is 0.916. The van der Waals surface area contributed by atoms with Gasteiger partial charge in [0.25, 0.3) is 0 Å². The first-order chi connectivity index (χ1) is 9.82. The van der Waals surface area contributed by atoms with E-state index in [-0.39, 0.29) is 12.3 Å². The number of nitrogens with zero attached hydrogens (tertiary/aromatic N) is 2.